The van der Waals surface area contributed by atoms with Crippen molar-refractivity contribution in [2.75, 3.05) is 5.73 Å². The fraction of sp³-hybridized carbons (Fsp3) is 0.357. The largest absolute Gasteiger partial charge is 0.383 e. The van der Waals surface area contributed by atoms with Crippen LogP contribution in [0.4, 0.5) is 5.82 Å². The fourth-order valence-corrected chi connectivity index (χ4v) is 1.99. The lowest BCUT2D eigenvalue weighted by atomic mass is 10.1. The first kappa shape index (κ1) is 11.7. The van der Waals surface area contributed by atoms with E-state index in [2.05, 4.69) is 43.1 Å². The normalized spacial score (nSPS) is 10.8. The highest BCUT2D eigenvalue weighted by molar-refractivity contribution is 5.71. The van der Waals surface area contributed by atoms with Crippen LogP contribution in [0.3, 0.4) is 0 Å². The van der Waals surface area contributed by atoms with E-state index in [0.29, 0.717) is 0 Å². The number of nitrogens with zero attached hydrogens (tertiary/aromatic N) is 2. The fourth-order valence-electron chi connectivity index (χ4n) is 1.99. The summed E-state index contributed by atoms with van der Waals surface area (Å²) >= 11 is 0. The standard InChI is InChI=1S/C14H19N3/c1-4-10-6-8-11(9-7-10)13-14(15)17(3)12(5-2)16-13/h6-9H,4-5,15H2,1-3H3. The van der Waals surface area contributed by atoms with Crippen molar-refractivity contribution in [3.63, 3.8) is 0 Å². The first-order valence-electron chi connectivity index (χ1n) is 6.07. The van der Waals surface area contributed by atoms with E-state index >= 15 is 0 Å². The van der Waals surface area contributed by atoms with Crippen LogP contribution in [0.5, 0.6) is 0 Å². The second-order valence-corrected chi connectivity index (χ2v) is 4.22. The predicted molar refractivity (Wildman–Crippen MR) is 71.8 cm³/mol. The molecule has 0 spiro atoms. The summed E-state index contributed by atoms with van der Waals surface area (Å²) in [6, 6.07) is 8.46. The molecular weight excluding hydrogens is 210 g/mol. The van der Waals surface area contributed by atoms with Crippen molar-refractivity contribution in [3.05, 3.63) is 35.7 Å². The number of nitrogens with two attached hydrogens (primary N) is 1. The van der Waals surface area contributed by atoms with E-state index < -0.39 is 0 Å². The van der Waals surface area contributed by atoms with Crippen LogP contribution in [0, 0.1) is 0 Å². The maximum absolute atomic E-state index is 6.08. The van der Waals surface area contributed by atoms with Gasteiger partial charge in [-0.25, -0.2) is 4.98 Å². The number of aromatic nitrogens is 2. The Balaban J connectivity index is 2.45. The third kappa shape index (κ3) is 2.05. The Labute approximate surface area is 102 Å². The van der Waals surface area contributed by atoms with Crippen molar-refractivity contribution >= 4 is 5.82 Å². The van der Waals surface area contributed by atoms with Crippen LogP contribution >= 0.6 is 0 Å². The van der Waals surface area contributed by atoms with Gasteiger partial charge >= 0.3 is 0 Å². The molecule has 1 heterocycles. The Morgan fingerprint density at radius 1 is 1.12 bits per heavy atom. The predicted octanol–water partition coefficient (Wildman–Crippen LogP) is 2.79. The minimum absolute atomic E-state index is 0.742. The van der Waals surface area contributed by atoms with E-state index in [9.17, 15) is 0 Å². The van der Waals surface area contributed by atoms with Crippen LogP contribution in [0.25, 0.3) is 11.3 Å². The van der Waals surface area contributed by atoms with Gasteiger partial charge in [0, 0.05) is 19.0 Å². The van der Waals surface area contributed by atoms with E-state index in [4.69, 9.17) is 5.73 Å². The second kappa shape index (κ2) is 4.62. The molecule has 3 nitrogen and oxygen atoms in total. The van der Waals surface area contributed by atoms with Crippen molar-refractivity contribution < 1.29 is 0 Å². The van der Waals surface area contributed by atoms with Crippen molar-refractivity contribution in [1.82, 2.24) is 9.55 Å². The molecule has 0 aliphatic carbocycles. The number of rotatable bonds is 3. The summed E-state index contributed by atoms with van der Waals surface area (Å²) in [6.07, 6.45) is 1.95. The summed E-state index contributed by atoms with van der Waals surface area (Å²) in [7, 11) is 1.96. The minimum Gasteiger partial charge on any atom is -0.383 e. The van der Waals surface area contributed by atoms with E-state index in [1.54, 1.807) is 0 Å². The number of imidazole rings is 1. The maximum atomic E-state index is 6.08. The Hall–Kier alpha value is -1.77. The lowest BCUT2D eigenvalue weighted by molar-refractivity contribution is 0.816. The van der Waals surface area contributed by atoms with E-state index in [1.807, 2.05) is 11.6 Å². The Morgan fingerprint density at radius 3 is 2.24 bits per heavy atom. The van der Waals surface area contributed by atoms with Crippen molar-refractivity contribution in [3.8, 4) is 11.3 Å². The van der Waals surface area contributed by atoms with Crippen LogP contribution in [0.15, 0.2) is 24.3 Å². The molecule has 3 heteroatoms. The molecule has 1 aromatic heterocycles. The summed E-state index contributed by atoms with van der Waals surface area (Å²) < 4.78 is 1.96. The van der Waals surface area contributed by atoms with Gasteiger partial charge in [0.05, 0.1) is 0 Å². The van der Waals surface area contributed by atoms with Crippen LogP contribution < -0.4 is 5.73 Å². The van der Waals surface area contributed by atoms with Crippen LogP contribution in [0.1, 0.15) is 25.2 Å². The van der Waals surface area contributed by atoms with Gasteiger partial charge in [0.1, 0.15) is 17.3 Å². The first-order valence-corrected chi connectivity index (χ1v) is 6.07. The van der Waals surface area contributed by atoms with Gasteiger partial charge in [-0.3, -0.25) is 0 Å². The number of aryl methyl sites for hydroxylation is 2. The molecule has 0 fully saturated rings. The quantitative estimate of drug-likeness (QED) is 0.879. The van der Waals surface area contributed by atoms with Gasteiger partial charge in [0.25, 0.3) is 0 Å². The number of benzene rings is 1. The lowest BCUT2D eigenvalue weighted by Gasteiger charge is -2.02. The third-order valence-electron chi connectivity index (χ3n) is 3.18. The van der Waals surface area contributed by atoms with Gasteiger partial charge in [-0.05, 0) is 12.0 Å². The Morgan fingerprint density at radius 2 is 1.76 bits per heavy atom. The summed E-state index contributed by atoms with van der Waals surface area (Å²) in [5, 5.41) is 0. The topological polar surface area (TPSA) is 43.8 Å². The maximum Gasteiger partial charge on any atom is 0.131 e. The van der Waals surface area contributed by atoms with E-state index in [0.717, 1.165) is 35.7 Å². The molecule has 17 heavy (non-hydrogen) atoms. The lowest BCUT2D eigenvalue weighted by Crippen LogP contribution is -2.00. The molecule has 2 rings (SSSR count). The number of hydrogen-bond donors (Lipinski definition) is 1. The smallest absolute Gasteiger partial charge is 0.131 e. The Kier molecular flexibility index (Phi) is 3.18. The van der Waals surface area contributed by atoms with Gasteiger partial charge < -0.3 is 10.3 Å². The monoisotopic (exact) mass is 229 g/mol. The van der Waals surface area contributed by atoms with Gasteiger partial charge in [0.2, 0.25) is 0 Å². The molecule has 2 aromatic rings. The molecule has 0 atom stereocenters. The zero-order valence-electron chi connectivity index (χ0n) is 10.7. The molecule has 0 unspecified atom stereocenters. The average molecular weight is 229 g/mol. The first-order chi connectivity index (χ1) is 8.17. The number of nitrogen functional groups attached to an aromatic ring is 1. The number of anilines is 1. The van der Waals surface area contributed by atoms with Crippen molar-refractivity contribution in [2.45, 2.75) is 26.7 Å². The zero-order valence-corrected chi connectivity index (χ0v) is 10.7. The molecule has 0 aliphatic heterocycles. The van der Waals surface area contributed by atoms with Gasteiger partial charge in [-0.15, -0.1) is 0 Å². The zero-order chi connectivity index (χ0) is 12.4. The second-order valence-electron chi connectivity index (χ2n) is 4.22. The summed E-state index contributed by atoms with van der Waals surface area (Å²) in [5.74, 6) is 1.77. The molecule has 0 bridgehead atoms. The number of hydrogen-bond acceptors (Lipinski definition) is 2. The summed E-state index contributed by atoms with van der Waals surface area (Å²) in [6.45, 7) is 4.24. The summed E-state index contributed by atoms with van der Waals surface area (Å²) in [5.41, 5.74) is 9.40. The molecule has 2 N–H and O–H groups in total. The third-order valence-corrected chi connectivity index (χ3v) is 3.18. The van der Waals surface area contributed by atoms with E-state index in [1.165, 1.54) is 5.56 Å². The molecule has 1 aromatic carbocycles. The molecule has 0 amide bonds. The minimum atomic E-state index is 0.742. The molecule has 0 saturated carbocycles. The molecule has 90 valence electrons. The highest BCUT2D eigenvalue weighted by Gasteiger charge is 2.12. The molecular formula is C14H19N3. The van der Waals surface area contributed by atoms with Gasteiger partial charge in [-0.2, -0.15) is 0 Å². The summed E-state index contributed by atoms with van der Waals surface area (Å²) in [4.78, 5) is 4.59. The van der Waals surface area contributed by atoms with Gasteiger partial charge in [-0.1, -0.05) is 38.1 Å². The average Bonchev–Trinajstić information content (AvgIpc) is 2.66. The Bertz CT molecular complexity index is 509. The molecule has 0 radical (unpaired) electrons. The van der Waals surface area contributed by atoms with E-state index in [-0.39, 0.29) is 0 Å². The van der Waals surface area contributed by atoms with Crippen molar-refractivity contribution in [1.29, 1.82) is 0 Å². The van der Waals surface area contributed by atoms with Crippen LogP contribution in [-0.2, 0) is 19.9 Å². The van der Waals surface area contributed by atoms with Crippen LogP contribution in [0.2, 0.25) is 0 Å². The molecule has 0 aliphatic rings. The highest BCUT2D eigenvalue weighted by atomic mass is 15.1. The molecule has 0 saturated heterocycles. The van der Waals surface area contributed by atoms with Crippen molar-refractivity contribution in [2.24, 2.45) is 7.05 Å². The SMILES string of the molecule is CCc1ccc(-c2nc(CC)n(C)c2N)cc1. The highest BCUT2D eigenvalue weighted by Crippen LogP contribution is 2.26. The van der Waals surface area contributed by atoms with Gasteiger partial charge in [0.15, 0.2) is 0 Å². The van der Waals surface area contributed by atoms with Crippen LogP contribution in [-0.4, -0.2) is 9.55 Å².